The Bertz CT molecular complexity index is 572. The normalized spacial score (nSPS) is 10.1. The van der Waals surface area contributed by atoms with Crippen LogP contribution in [0, 0.1) is 0 Å². The van der Waals surface area contributed by atoms with E-state index in [1.54, 1.807) is 42.5 Å². The van der Waals surface area contributed by atoms with Crippen molar-refractivity contribution in [2.24, 2.45) is 0 Å². The third-order valence-corrected chi connectivity index (χ3v) is 2.82. The molecule has 0 aliphatic rings. The second-order valence-corrected chi connectivity index (χ2v) is 4.17. The lowest BCUT2D eigenvalue weighted by Crippen LogP contribution is -2.14. The number of anilines is 2. The fourth-order valence-corrected chi connectivity index (χ4v) is 1.82. The van der Waals surface area contributed by atoms with E-state index in [-0.39, 0.29) is 5.56 Å². The van der Waals surface area contributed by atoms with Crippen molar-refractivity contribution in [1.82, 2.24) is 4.98 Å². The molecule has 0 saturated carbocycles. The van der Waals surface area contributed by atoms with Crippen molar-refractivity contribution in [2.75, 3.05) is 11.9 Å². The van der Waals surface area contributed by atoms with E-state index in [1.807, 2.05) is 6.07 Å². The third-order valence-electron chi connectivity index (χ3n) is 2.58. The van der Waals surface area contributed by atoms with Gasteiger partial charge in [-0.05, 0) is 30.3 Å². The van der Waals surface area contributed by atoms with Crippen LogP contribution in [0.1, 0.15) is 10.4 Å². The molecule has 0 bridgehead atoms. The number of hydrogen-bond donors (Lipinski definition) is 1. The maximum absolute atomic E-state index is 11.2. The largest absolute Gasteiger partial charge is 0.478 e. The Labute approximate surface area is 109 Å². The summed E-state index contributed by atoms with van der Waals surface area (Å²) in [6, 6.07) is 8.31. The maximum Gasteiger partial charge on any atom is 0.337 e. The lowest BCUT2D eigenvalue weighted by Gasteiger charge is -2.21. The zero-order chi connectivity index (χ0) is 13.1. The summed E-state index contributed by atoms with van der Waals surface area (Å²) >= 11 is 5.92. The van der Waals surface area contributed by atoms with Gasteiger partial charge in [0.15, 0.2) is 0 Å². The molecule has 0 atom stereocenters. The van der Waals surface area contributed by atoms with Crippen molar-refractivity contribution in [3.05, 3.63) is 53.3 Å². The van der Waals surface area contributed by atoms with Crippen LogP contribution in [0.3, 0.4) is 0 Å². The Morgan fingerprint density at radius 2 is 2.17 bits per heavy atom. The Balaban J connectivity index is 2.50. The first kappa shape index (κ1) is 12.4. The number of aromatic nitrogens is 1. The predicted octanol–water partition coefficient (Wildman–Crippen LogP) is 3.20. The molecule has 1 heterocycles. The van der Waals surface area contributed by atoms with Gasteiger partial charge in [0.25, 0.3) is 0 Å². The van der Waals surface area contributed by atoms with Crippen LogP contribution in [0.4, 0.5) is 11.4 Å². The quantitative estimate of drug-likeness (QED) is 0.923. The Morgan fingerprint density at radius 1 is 1.39 bits per heavy atom. The molecule has 2 rings (SSSR count). The summed E-state index contributed by atoms with van der Waals surface area (Å²) in [6.45, 7) is 0. The standard InChI is InChI=1S/C13H11ClN2O2/c1-16(10-3-2-6-15-8-10)12-7-9(14)4-5-11(12)13(17)18/h2-8H,1H3,(H,17,18). The summed E-state index contributed by atoms with van der Waals surface area (Å²) < 4.78 is 0. The van der Waals surface area contributed by atoms with Crippen LogP contribution >= 0.6 is 11.6 Å². The summed E-state index contributed by atoms with van der Waals surface area (Å²) in [5, 5.41) is 9.66. The minimum absolute atomic E-state index is 0.200. The van der Waals surface area contributed by atoms with E-state index >= 15 is 0 Å². The molecule has 1 aromatic carbocycles. The van der Waals surface area contributed by atoms with Crippen molar-refractivity contribution in [1.29, 1.82) is 0 Å². The number of carbonyl (C=O) groups is 1. The van der Waals surface area contributed by atoms with Crippen molar-refractivity contribution >= 4 is 28.9 Å². The summed E-state index contributed by atoms with van der Waals surface area (Å²) in [5.74, 6) is -0.989. The molecule has 0 aliphatic heterocycles. The van der Waals surface area contributed by atoms with Gasteiger partial charge in [-0.25, -0.2) is 4.79 Å². The number of benzene rings is 1. The fourth-order valence-electron chi connectivity index (χ4n) is 1.65. The van der Waals surface area contributed by atoms with Crippen LogP contribution in [0.2, 0.25) is 5.02 Å². The number of rotatable bonds is 3. The van der Waals surface area contributed by atoms with Crippen molar-refractivity contribution in [2.45, 2.75) is 0 Å². The molecule has 0 radical (unpaired) electrons. The SMILES string of the molecule is CN(c1cccnc1)c1cc(Cl)ccc1C(=O)O. The second kappa shape index (κ2) is 5.06. The van der Waals surface area contributed by atoms with E-state index < -0.39 is 5.97 Å². The molecule has 18 heavy (non-hydrogen) atoms. The van der Waals surface area contributed by atoms with E-state index in [2.05, 4.69) is 4.98 Å². The topological polar surface area (TPSA) is 53.4 Å². The van der Waals surface area contributed by atoms with E-state index in [0.29, 0.717) is 10.7 Å². The average molecular weight is 263 g/mol. The zero-order valence-corrected chi connectivity index (χ0v) is 10.4. The summed E-state index contributed by atoms with van der Waals surface area (Å²) in [6.07, 6.45) is 3.32. The molecule has 5 heteroatoms. The fraction of sp³-hybridized carbons (Fsp3) is 0.0769. The van der Waals surface area contributed by atoms with Crippen LogP contribution in [0.25, 0.3) is 0 Å². The van der Waals surface area contributed by atoms with E-state index in [1.165, 1.54) is 6.07 Å². The lowest BCUT2D eigenvalue weighted by molar-refractivity contribution is 0.0697. The highest BCUT2D eigenvalue weighted by Crippen LogP contribution is 2.29. The van der Waals surface area contributed by atoms with E-state index in [0.717, 1.165) is 5.69 Å². The van der Waals surface area contributed by atoms with Crippen LogP contribution in [-0.4, -0.2) is 23.1 Å². The number of carboxylic acids is 1. The van der Waals surface area contributed by atoms with E-state index in [4.69, 9.17) is 16.7 Å². The van der Waals surface area contributed by atoms with E-state index in [9.17, 15) is 4.79 Å². The summed E-state index contributed by atoms with van der Waals surface area (Å²) in [7, 11) is 1.77. The van der Waals surface area contributed by atoms with Gasteiger partial charge in [0.2, 0.25) is 0 Å². The predicted molar refractivity (Wildman–Crippen MR) is 70.7 cm³/mol. The number of hydrogen-bond acceptors (Lipinski definition) is 3. The highest BCUT2D eigenvalue weighted by molar-refractivity contribution is 6.31. The molecule has 0 spiro atoms. The number of pyridine rings is 1. The second-order valence-electron chi connectivity index (χ2n) is 3.74. The van der Waals surface area contributed by atoms with Gasteiger partial charge in [-0.1, -0.05) is 11.6 Å². The van der Waals surface area contributed by atoms with Crippen LogP contribution in [0.15, 0.2) is 42.7 Å². The van der Waals surface area contributed by atoms with Gasteiger partial charge in [0.1, 0.15) is 0 Å². The Hall–Kier alpha value is -2.07. The lowest BCUT2D eigenvalue weighted by atomic mass is 10.1. The smallest absolute Gasteiger partial charge is 0.337 e. The first-order valence-corrected chi connectivity index (χ1v) is 5.64. The molecule has 92 valence electrons. The van der Waals surface area contributed by atoms with Gasteiger partial charge in [0.05, 0.1) is 23.1 Å². The molecule has 4 nitrogen and oxygen atoms in total. The molecular formula is C13H11ClN2O2. The molecule has 0 unspecified atom stereocenters. The van der Waals surface area contributed by atoms with Gasteiger partial charge < -0.3 is 10.0 Å². The van der Waals surface area contributed by atoms with Crippen LogP contribution < -0.4 is 4.90 Å². The highest BCUT2D eigenvalue weighted by atomic mass is 35.5. The number of aromatic carboxylic acids is 1. The van der Waals surface area contributed by atoms with Crippen molar-refractivity contribution in [3.8, 4) is 0 Å². The van der Waals surface area contributed by atoms with Crippen LogP contribution in [-0.2, 0) is 0 Å². The number of carboxylic acid groups (broad SMARTS) is 1. The first-order chi connectivity index (χ1) is 8.59. The van der Waals surface area contributed by atoms with Gasteiger partial charge in [-0.3, -0.25) is 4.98 Å². The van der Waals surface area contributed by atoms with Gasteiger partial charge >= 0.3 is 5.97 Å². The zero-order valence-electron chi connectivity index (χ0n) is 9.67. The molecule has 0 amide bonds. The minimum atomic E-state index is -0.989. The molecule has 1 N–H and O–H groups in total. The van der Waals surface area contributed by atoms with Crippen molar-refractivity contribution in [3.63, 3.8) is 0 Å². The molecular weight excluding hydrogens is 252 g/mol. The average Bonchev–Trinajstić information content (AvgIpc) is 2.38. The molecule has 2 aromatic rings. The van der Waals surface area contributed by atoms with Gasteiger partial charge in [-0.2, -0.15) is 0 Å². The highest BCUT2D eigenvalue weighted by Gasteiger charge is 2.15. The Kier molecular flexibility index (Phi) is 3.48. The third kappa shape index (κ3) is 2.43. The maximum atomic E-state index is 11.2. The van der Waals surface area contributed by atoms with Gasteiger partial charge in [0, 0.05) is 18.3 Å². The van der Waals surface area contributed by atoms with Crippen molar-refractivity contribution < 1.29 is 9.90 Å². The van der Waals surface area contributed by atoms with Gasteiger partial charge in [-0.15, -0.1) is 0 Å². The molecule has 0 aliphatic carbocycles. The molecule has 1 aromatic heterocycles. The summed E-state index contributed by atoms with van der Waals surface area (Å²) in [5.41, 5.74) is 1.52. The first-order valence-electron chi connectivity index (χ1n) is 5.26. The van der Waals surface area contributed by atoms with Crippen LogP contribution in [0.5, 0.6) is 0 Å². The molecule has 0 saturated heterocycles. The number of halogens is 1. The summed E-state index contributed by atoms with van der Waals surface area (Å²) in [4.78, 5) is 16.9. The molecule has 0 fully saturated rings. The Morgan fingerprint density at radius 3 is 2.78 bits per heavy atom. The monoisotopic (exact) mass is 262 g/mol. The number of nitrogens with zero attached hydrogens (tertiary/aromatic N) is 2. The minimum Gasteiger partial charge on any atom is -0.478 e.